The molecule has 15 heavy (non-hydrogen) atoms. The van der Waals surface area contributed by atoms with Gasteiger partial charge in [-0.2, -0.15) is 11.8 Å². The van der Waals surface area contributed by atoms with E-state index in [1.807, 2.05) is 11.8 Å². The second-order valence-electron chi connectivity index (χ2n) is 5.37. The molecule has 2 N–H and O–H groups in total. The van der Waals surface area contributed by atoms with Crippen molar-refractivity contribution >= 4 is 11.8 Å². The van der Waals surface area contributed by atoms with Gasteiger partial charge in [0.2, 0.25) is 0 Å². The molecule has 0 amide bonds. The van der Waals surface area contributed by atoms with E-state index < -0.39 is 0 Å². The van der Waals surface area contributed by atoms with Crippen LogP contribution in [0.25, 0.3) is 0 Å². The Hall–Kier alpha value is 0.270. The summed E-state index contributed by atoms with van der Waals surface area (Å²) in [7, 11) is 0. The van der Waals surface area contributed by atoms with Gasteiger partial charge in [0.05, 0.1) is 0 Å². The highest BCUT2D eigenvalue weighted by Gasteiger charge is 2.26. The first-order chi connectivity index (χ1) is 7.09. The molecule has 1 fully saturated rings. The Kier molecular flexibility index (Phi) is 5.44. The average molecular weight is 231 g/mol. The van der Waals surface area contributed by atoms with Gasteiger partial charge in [0, 0.05) is 29.9 Å². The predicted octanol–water partition coefficient (Wildman–Crippen LogP) is 2.27. The summed E-state index contributed by atoms with van der Waals surface area (Å²) in [6.07, 6.45) is 7.59. The molecular weight excluding hydrogens is 206 g/mol. The molecule has 0 spiro atoms. The van der Waals surface area contributed by atoms with Gasteiger partial charge in [-0.25, -0.2) is 0 Å². The maximum atomic E-state index is 9.20. The van der Waals surface area contributed by atoms with E-state index in [4.69, 9.17) is 0 Å². The monoisotopic (exact) mass is 231 g/mol. The summed E-state index contributed by atoms with van der Waals surface area (Å²) in [5.74, 6) is 0. The Labute approximate surface area is 98.2 Å². The van der Waals surface area contributed by atoms with Crippen molar-refractivity contribution in [3.8, 4) is 0 Å². The lowest BCUT2D eigenvalue weighted by Crippen LogP contribution is -2.45. The van der Waals surface area contributed by atoms with Crippen molar-refractivity contribution in [3.63, 3.8) is 0 Å². The molecule has 2 unspecified atom stereocenters. The Morgan fingerprint density at radius 3 is 2.60 bits per heavy atom. The van der Waals surface area contributed by atoms with Crippen LogP contribution in [-0.4, -0.2) is 35.8 Å². The topological polar surface area (TPSA) is 32.3 Å². The largest absolute Gasteiger partial charge is 0.396 e. The smallest absolute Gasteiger partial charge is 0.0494 e. The molecule has 1 saturated carbocycles. The van der Waals surface area contributed by atoms with E-state index >= 15 is 0 Å². The van der Waals surface area contributed by atoms with Crippen LogP contribution in [0.1, 0.15) is 39.5 Å². The van der Waals surface area contributed by atoms with Crippen LogP contribution in [0.4, 0.5) is 0 Å². The zero-order chi connectivity index (χ0) is 11.3. The molecule has 90 valence electrons. The second kappa shape index (κ2) is 6.12. The Morgan fingerprint density at radius 1 is 1.33 bits per heavy atom. The standard InChI is InChI=1S/C12H25NOS/c1-12(2,9-14)8-13-10-6-4-5-7-11(10)15-3/h10-11,13-14H,4-9H2,1-3H3. The number of nitrogens with one attached hydrogen (secondary N) is 1. The molecule has 0 aromatic heterocycles. The summed E-state index contributed by atoms with van der Waals surface area (Å²) in [5, 5.41) is 13.6. The summed E-state index contributed by atoms with van der Waals surface area (Å²) in [6.45, 7) is 5.40. The fourth-order valence-electron chi connectivity index (χ4n) is 2.08. The molecule has 0 aliphatic heterocycles. The normalized spacial score (nSPS) is 28.0. The van der Waals surface area contributed by atoms with E-state index in [0.717, 1.165) is 11.8 Å². The van der Waals surface area contributed by atoms with Gasteiger partial charge in [-0.3, -0.25) is 0 Å². The van der Waals surface area contributed by atoms with Crippen LogP contribution >= 0.6 is 11.8 Å². The SMILES string of the molecule is CSC1CCCCC1NCC(C)(C)CO. The first kappa shape index (κ1) is 13.3. The molecule has 0 saturated heterocycles. The highest BCUT2D eigenvalue weighted by Crippen LogP contribution is 2.27. The third-order valence-corrected chi connectivity index (χ3v) is 4.45. The molecule has 1 rings (SSSR count). The van der Waals surface area contributed by atoms with Crippen LogP contribution in [0.3, 0.4) is 0 Å². The van der Waals surface area contributed by atoms with Gasteiger partial charge in [0.25, 0.3) is 0 Å². The van der Waals surface area contributed by atoms with Crippen molar-refractivity contribution in [1.29, 1.82) is 0 Å². The second-order valence-corrected chi connectivity index (χ2v) is 6.45. The molecule has 2 nitrogen and oxygen atoms in total. The Bertz CT molecular complexity index is 184. The Morgan fingerprint density at radius 2 is 2.00 bits per heavy atom. The van der Waals surface area contributed by atoms with Crippen molar-refractivity contribution < 1.29 is 5.11 Å². The van der Waals surface area contributed by atoms with Crippen LogP contribution in [0.15, 0.2) is 0 Å². The van der Waals surface area contributed by atoms with E-state index in [9.17, 15) is 5.11 Å². The van der Waals surface area contributed by atoms with E-state index in [1.54, 1.807) is 0 Å². The number of rotatable bonds is 5. The first-order valence-electron chi connectivity index (χ1n) is 5.96. The highest BCUT2D eigenvalue weighted by molar-refractivity contribution is 7.99. The van der Waals surface area contributed by atoms with E-state index in [1.165, 1.54) is 25.7 Å². The molecule has 3 heteroatoms. The zero-order valence-electron chi connectivity index (χ0n) is 10.3. The minimum atomic E-state index is 0.0143. The summed E-state index contributed by atoms with van der Waals surface area (Å²) in [5.41, 5.74) is 0.0143. The maximum Gasteiger partial charge on any atom is 0.0494 e. The third-order valence-electron chi connectivity index (χ3n) is 3.28. The van der Waals surface area contributed by atoms with Gasteiger partial charge in [0.1, 0.15) is 0 Å². The number of aliphatic hydroxyl groups is 1. The number of thioether (sulfide) groups is 1. The molecule has 0 radical (unpaired) electrons. The number of hydrogen-bond donors (Lipinski definition) is 2. The van der Waals surface area contributed by atoms with E-state index in [0.29, 0.717) is 6.04 Å². The van der Waals surface area contributed by atoms with Crippen molar-refractivity contribution in [1.82, 2.24) is 5.32 Å². The van der Waals surface area contributed by atoms with Gasteiger partial charge < -0.3 is 10.4 Å². The van der Waals surface area contributed by atoms with Gasteiger partial charge >= 0.3 is 0 Å². The lowest BCUT2D eigenvalue weighted by molar-refractivity contribution is 0.150. The Balaban J connectivity index is 2.35. The molecular formula is C12H25NOS. The summed E-state index contributed by atoms with van der Waals surface area (Å²) in [6, 6.07) is 0.652. The molecule has 1 aliphatic rings. The van der Waals surface area contributed by atoms with Gasteiger partial charge in [-0.05, 0) is 19.1 Å². The van der Waals surface area contributed by atoms with Gasteiger partial charge in [-0.15, -0.1) is 0 Å². The fourth-order valence-corrected chi connectivity index (χ4v) is 3.04. The predicted molar refractivity (Wildman–Crippen MR) is 68.4 cm³/mol. The highest BCUT2D eigenvalue weighted by atomic mass is 32.2. The number of hydrogen-bond acceptors (Lipinski definition) is 3. The fraction of sp³-hybridized carbons (Fsp3) is 1.00. The van der Waals surface area contributed by atoms with Crippen molar-refractivity contribution in [2.75, 3.05) is 19.4 Å². The van der Waals surface area contributed by atoms with E-state index in [-0.39, 0.29) is 12.0 Å². The zero-order valence-corrected chi connectivity index (χ0v) is 11.1. The van der Waals surface area contributed by atoms with Crippen molar-refractivity contribution in [2.24, 2.45) is 5.41 Å². The maximum absolute atomic E-state index is 9.20. The van der Waals surface area contributed by atoms with Crippen LogP contribution in [0.5, 0.6) is 0 Å². The van der Waals surface area contributed by atoms with Crippen LogP contribution in [0, 0.1) is 5.41 Å². The summed E-state index contributed by atoms with van der Waals surface area (Å²) < 4.78 is 0. The first-order valence-corrected chi connectivity index (χ1v) is 7.25. The third kappa shape index (κ3) is 4.33. The van der Waals surface area contributed by atoms with Gasteiger partial charge in [0.15, 0.2) is 0 Å². The number of aliphatic hydroxyl groups excluding tert-OH is 1. The lowest BCUT2D eigenvalue weighted by atomic mass is 9.91. The lowest BCUT2D eigenvalue weighted by Gasteiger charge is -2.34. The molecule has 1 aliphatic carbocycles. The van der Waals surface area contributed by atoms with Crippen LogP contribution in [0.2, 0.25) is 0 Å². The average Bonchev–Trinajstić information content (AvgIpc) is 2.27. The molecule has 0 bridgehead atoms. The van der Waals surface area contributed by atoms with Crippen LogP contribution in [-0.2, 0) is 0 Å². The quantitative estimate of drug-likeness (QED) is 0.761. The molecule has 0 heterocycles. The van der Waals surface area contributed by atoms with Gasteiger partial charge in [-0.1, -0.05) is 26.7 Å². The van der Waals surface area contributed by atoms with E-state index in [2.05, 4.69) is 25.4 Å². The van der Waals surface area contributed by atoms with Crippen molar-refractivity contribution in [3.05, 3.63) is 0 Å². The van der Waals surface area contributed by atoms with Crippen LogP contribution < -0.4 is 5.32 Å². The minimum absolute atomic E-state index is 0.0143. The molecule has 0 aromatic carbocycles. The summed E-state index contributed by atoms with van der Waals surface area (Å²) >= 11 is 1.99. The molecule has 2 atom stereocenters. The van der Waals surface area contributed by atoms with Crippen molar-refractivity contribution in [2.45, 2.75) is 50.8 Å². The minimum Gasteiger partial charge on any atom is -0.396 e. The molecule has 0 aromatic rings. The summed E-state index contributed by atoms with van der Waals surface area (Å²) in [4.78, 5) is 0.